The average molecular weight is 255 g/mol. The molecule has 0 aromatic carbocycles. The van der Waals surface area contributed by atoms with Crippen LogP contribution in [-0.4, -0.2) is 49.0 Å². The van der Waals surface area contributed by atoms with E-state index in [0.29, 0.717) is 12.0 Å². The molecule has 2 fully saturated rings. The molecule has 3 heteroatoms. The third-order valence-corrected chi connectivity index (χ3v) is 4.85. The van der Waals surface area contributed by atoms with Gasteiger partial charge in [0.05, 0.1) is 12.7 Å². The second-order valence-corrected chi connectivity index (χ2v) is 6.92. The van der Waals surface area contributed by atoms with E-state index in [2.05, 4.69) is 25.8 Å². The van der Waals surface area contributed by atoms with Gasteiger partial charge in [-0.3, -0.25) is 0 Å². The van der Waals surface area contributed by atoms with Gasteiger partial charge in [-0.1, -0.05) is 20.3 Å². The summed E-state index contributed by atoms with van der Waals surface area (Å²) in [5.74, 6) is 0.654. The monoisotopic (exact) mass is 255 g/mol. The molecule has 1 N–H and O–H groups in total. The fourth-order valence-corrected chi connectivity index (χ4v) is 3.55. The Bertz CT molecular complexity index is 261. The maximum atomic E-state index is 10.5. The topological polar surface area (TPSA) is 32.7 Å². The lowest BCUT2D eigenvalue weighted by Crippen LogP contribution is -2.52. The van der Waals surface area contributed by atoms with Crippen molar-refractivity contribution in [2.45, 2.75) is 58.1 Å². The first-order chi connectivity index (χ1) is 8.50. The molecule has 1 saturated heterocycles. The molecule has 1 saturated carbocycles. The van der Waals surface area contributed by atoms with Crippen molar-refractivity contribution in [2.75, 3.05) is 26.8 Å². The van der Waals surface area contributed by atoms with E-state index in [1.807, 2.05) is 0 Å². The number of hydrogen-bond donors (Lipinski definition) is 1. The Morgan fingerprint density at radius 3 is 2.72 bits per heavy atom. The summed E-state index contributed by atoms with van der Waals surface area (Å²) in [6.07, 6.45) is 5.79. The fraction of sp³-hybridized carbons (Fsp3) is 1.00. The van der Waals surface area contributed by atoms with Gasteiger partial charge in [-0.05, 0) is 44.1 Å². The van der Waals surface area contributed by atoms with Crippen LogP contribution < -0.4 is 0 Å². The van der Waals surface area contributed by atoms with Crippen LogP contribution >= 0.6 is 0 Å². The minimum atomic E-state index is -0.194. The molecule has 0 bridgehead atoms. The maximum Gasteiger partial charge on any atom is 0.0746 e. The predicted octanol–water partition coefficient (Wildman–Crippen LogP) is 2.28. The van der Waals surface area contributed by atoms with Crippen LogP contribution in [0.4, 0.5) is 0 Å². The number of rotatable bonds is 3. The van der Waals surface area contributed by atoms with Crippen molar-refractivity contribution in [3.63, 3.8) is 0 Å². The molecule has 18 heavy (non-hydrogen) atoms. The van der Waals surface area contributed by atoms with E-state index < -0.39 is 0 Å². The molecule has 0 spiro atoms. The predicted molar refractivity (Wildman–Crippen MR) is 73.6 cm³/mol. The molecule has 3 unspecified atom stereocenters. The summed E-state index contributed by atoms with van der Waals surface area (Å²) in [4.78, 5) is 2.38. The van der Waals surface area contributed by atoms with Crippen LogP contribution in [0.2, 0.25) is 0 Å². The van der Waals surface area contributed by atoms with Crippen molar-refractivity contribution in [1.82, 2.24) is 4.90 Å². The lowest BCUT2D eigenvalue weighted by molar-refractivity contribution is -0.0594. The Hall–Kier alpha value is -0.120. The minimum Gasteiger partial charge on any atom is -0.391 e. The standard InChI is InChI=1S/C15H29NO2/c1-15(2)8-4-7-13(14(15)17)16(3)10-12-6-5-9-18-11-12/h12-14,17H,4-11H2,1-3H3. The van der Waals surface area contributed by atoms with Crippen molar-refractivity contribution in [3.8, 4) is 0 Å². The van der Waals surface area contributed by atoms with Gasteiger partial charge < -0.3 is 14.7 Å². The van der Waals surface area contributed by atoms with Crippen molar-refractivity contribution in [3.05, 3.63) is 0 Å². The molecule has 0 amide bonds. The van der Waals surface area contributed by atoms with Crippen LogP contribution in [0.15, 0.2) is 0 Å². The fourth-order valence-electron chi connectivity index (χ4n) is 3.55. The number of aliphatic hydroxyl groups excluding tert-OH is 1. The summed E-state index contributed by atoms with van der Waals surface area (Å²) >= 11 is 0. The number of aliphatic hydroxyl groups is 1. The molecule has 1 aliphatic heterocycles. The van der Waals surface area contributed by atoms with Gasteiger partial charge in [0.2, 0.25) is 0 Å². The van der Waals surface area contributed by atoms with Crippen LogP contribution in [0.1, 0.15) is 46.0 Å². The second kappa shape index (κ2) is 5.89. The van der Waals surface area contributed by atoms with Gasteiger partial charge in [0.15, 0.2) is 0 Å². The van der Waals surface area contributed by atoms with Crippen LogP contribution in [-0.2, 0) is 4.74 Å². The molecule has 1 heterocycles. The van der Waals surface area contributed by atoms with E-state index in [-0.39, 0.29) is 11.5 Å². The van der Waals surface area contributed by atoms with Crippen LogP contribution in [0.25, 0.3) is 0 Å². The summed E-state index contributed by atoms with van der Waals surface area (Å²) < 4.78 is 5.55. The van der Waals surface area contributed by atoms with E-state index in [4.69, 9.17) is 4.74 Å². The maximum absolute atomic E-state index is 10.5. The van der Waals surface area contributed by atoms with Crippen molar-refractivity contribution in [2.24, 2.45) is 11.3 Å². The second-order valence-electron chi connectivity index (χ2n) is 6.92. The molecular formula is C15H29NO2. The lowest BCUT2D eigenvalue weighted by atomic mass is 9.72. The third-order valence-electron chi connectivity index (χ3n) is 4.85. The van der Waals surface area contributed by atoms with Gasteiger partial charge in [0.1, 0.15) is 0 Å². The third kappa shape index (κ3) is 3.25. The highest BCUT2D eigenvalue weighted by molar-refractivity contribution is 4.93. The van der Waals surface area contributed by atoms with Gasteiger partial charge in [-0.15, -0.1) is 0 Å². The highest BCUT2D eigenvalue weighted by Gasteiger charge is 2.39. The van der Waals surface area contributed by atoms with E-state index in [1.165, 1.54) is 19.3 Å². The molecule has 0 aromatic heterocycles. The Labute approximate surface area is 112 Å². The number of ether oxygens (including phenoxy) is 1. The quantitative estimate of drug-likeness (QED) is 0.840. The van der Waals surface area contributed by atoms with Gasteiger partial charge in [-0.25, -0.2) is 0 Å². The minimum absolute atomic E-state index is 0.0697. The van der Waals surface area contributed by atoms with Crippen molar-refractivity contribution < 1.29 is 9.84 Å². The molecule has 2 rings (SSSR count). The Morgan fingerprint density at radius 2 is 2.06 bits per heavy atom. The molecule has 1 aliphatic carbocycles. The first kappa shape index (κ1) is 14.3. The Balaban J connectivity index is 1.89. The van der Waals surface area contributed by atoms with E-state index >= 15 is 0 Å². The molecule has 2 aliphatic rings. The van der Waals surface area contributed by atoms with E-state index in [9.17, 15) is 5.11 Å². The Morgan fingerprint density at radius 1 is 1.28 bits per heavy atom. The van der Waals surface area contributed by atoms with Crippen LogP contribution in [0.3, 0.4) is 0 Å². The number of nitrogens with zero attached hydrogens (tertiary/aromatic N) is 1. The SMILES string of the molecule is CN(CC1CCCOC1)C1CCCC(C)(C)C1O. The van der Waals surface area contributed by atoms with E-state index in [0.717, 1.165) is 32.6 Å². The molecule has 0 aromatic rings. The number of likely N-dealkylation sites (N-methyl/N-ethyl adjacent to an activating group) is 1. The van der Waals surface area contributed by atoms with Crippen molar-refractivity contribution in [1.29, 1.82) is 0 Å². The van der Waals surface area contributed by atoms with Gasteiger partial charge in [0.25, 0.3) is 0 Å². The zero-order valence-electron chi connectivity index (χ0n) is 12.2. The highest BCUT2D eigenvalue weighted by atomic mass is 16.5. The smallest absolute Gasteiger partial charge is 0.0746 e. The average Bonchev–Trinajstić information content (AvgIpc) is 2.34. The molecule has 3 atom stereocenters. The summed E-state index contributed by atoms with van der Waals surface area (Å²) in [5, 5.41) is 10.5. The van der Waals surface area contributed by atoms with Gasteiger partial charge in [0, 0.05) is 19.2 Å². The largest absolute Gasteiger partial charge is 0.391 e. The lowest BCUT2D eigenvalue weighted by Gasteiger charge is -2.45. The van der Waals surface area contributed by atoms with E-state index in [1.54, 1.807) is 0 Å². The zero-order valence-corrected chi connectivity index (χ0v) is 12.2. The van der Waals surface area contributed by atoms with Crippen LogP contribution in [0.5, 0.6) is 0 Å². The Kier molecular flexibility index (Phi) is 4.68. The van der Waals surface area contributed by atoms with Gasteiger partial charge >= 0.3 is 0 Å². The van der Waals surface area contributed by atoms with Gasteiger partial charge in [-0.2, -0.15) is 0 Å². The normalized spacial score (nSPS) is 36.8. The first-order valence-electron chi connectivity index (χ1n) is 7.47. The summed E-state index contributed by atoms with van der Waals surface area (Å²) in [7, 11) is 2.17. The molecule has 3 nitrogen and oxygen atoms in total. The van der Waals surface area contributed by atoms with Crippen molar-refractivity contribution >= 4 is 0 Å². The summed E-state index contributed by atoms with van der Waals surface area (Å²) in [6.45, 7) is 7.29. The molecule has 0 radical (unpaired) electrons. The highest BCUT2D eigenvalue weighted by Crippen LogP contribution is 2.37. The first-order valence-corrected chi connectivity index (χ1v) is 7.47. The summed E-state index contributed by atoms with van der Waals surface area (Å²) in [6, 6.07) is 0.329. The molecular weight excluding hydrogens is 226 g/mol. The number of hydrogen-bond acceptors (Lipinski definition) is 3. The molecule has 106 valence electrons. The summed E-state index contributed by atoms with van der Waals surface area (Å²) in [5.41, 5.74) is 0.0697. The van der Waals surface area contributed by atoms with Crippen LogP contribution in [0, 0.1) is 11.3 Å². The zero-order chi connectivity index (χ0) is 13.2.